The molecular formula is C27H31N3O2. The van der Waals surface area contributed by atoms with Gasteiger partial charge in [0.05, 0.1) is 6.04 Å². The zero-order valence-electron chi connectivity index (χ0n) is 19.0. The van der Waals surface area contributed by atoms with Crippen molar-refractivity contribution in [1.29, 1.82) is 0 Å². The Labute approximate surface area is 189 Å². The maximum absolute atomic E-state index is 13.4. The largest absolute Gasteiger partial charge is 0.358 e. The quantitative estimate of drug-likeness (QED) is 0.615. The number of amides is 2. The van der Waals surface area contributed by atoms with Crippen molar-refractivity contribution >= 4 is 22.7 Å². The molecule has 1 aromatic heterocycles. The summed E-state index contributed by atoms with van der Waals surface area (Å²) in [7, 11) is 0. The Morgan fingerprint density at radius 2 is 1.84 bits per heavy atom. The van der Waals surface area contributed by atoms with Gasteiger partial charge in [0.1, 0.15) is 6.54 Å². The fourth-order valence-corrected chi connectivity index (χ4v) is 5.69. The van der Waals surface area contributed by atoms with Gasteiger partial charge in [-0.15, -0.1) is 0 Å². The van der Waals surface area contributed by atoms with E-state index in [2.05, 4.69) is 36.3 Å². The molecule has 5 rings (SSSR count). The van der Waals surface area contributed by atoms with Crippen LogP contribution in [0, 0.1) is 18.8 Å². The summed E-state index contributed by atoms with van der Waals surface area (Å²) in [4.78, 5) is 31.8. The van der Waals surface area contributed by atoms with Crippen molar-refractivity contribution in [2.24, 2.45) is 11.8 Å². The molecule has 2 heterocycles. The molecule has 2 aromatic carbocycles. The highest BCUT2D eigenvalue weighted by atomic mass is 16.2. The van der Waals surface area contributed by atoms with Crippen molar-refractivity contribution in [3.8, 4) is 0 Å². The number of hydrogen-bond acceptors (Lipinski definition) is 2. The van der Waals surface area contributed by atoms with Crippen LogP contribution in [0.1, 0.15) is 66.3 Å². The molecule has 0 bridgehead atoms. The van der Waals surface area contributed by atoms with Gasteiger partial charge in [0, 0.05) is 33.8 Å². The van der Waals surface area contributed by atoms with Crippen molar-refractivity contribution < 1.29 is 9.59 Å². The smallest absolute Gasteiger partial charge is 0.255 e. The summed E-state index contributed by atoms with van der Waals surface area (Å²) in [6.07, 6.45) is 3.37. The molecule has 5 heteroatoms. The molecule has 2 amide bonds. The molecule has 5 nitrogen and oxygen atoms in total. The average Bonchev–Trinajstić information content (AvgIpc) is 3.25. The first-order valence-electron chi connectivity index (χ1n) is 11.7. The van der Waals surface area contributed by atoms with E-state index in [9.17, 15) is 9.59 Å². The van der Waals surface area contributed by atoms with Gasteiger partial charge in [0.2, 0.25) is 5.91 Å². The number of carbonyl (C=O) groups is 2. The van der Waals surface area contributed by atoms with Crippen LogP contribution in [-0.2, 0) is 4.79 Å². The van der Waals surface area contributed by atoms with E-state index in [0.29, 0.717) is 17.4 Å². The van der Waals surface area contributed by atoms with Crippen LogP contribution in [0.15, 0.2) is 48.5 Å². The molecule has 0 spiro atoms. The fourth-order valence-electron chi connectivity index (χ4n) is 5.69. The highest BCUT2D eigenvalue weighted by Crippen LogP contribution is 2.42. The molecule has 0 saturated heterocycles. The third-order valence-corrected chi connectivity index (χ3v) is 7.64. The summed E-state index contributed by atoms with van der Waals surface area (Å²) in [5, 5.41) is 4.35. The lowest BCUT2D eigenvalue weighted by Crippen LogP contribution is -2.48. The fraction of sp³-hybridized carbons (Fsp3) is 0.407. The Kier molecular flexibility index (Phi) is 5.28. The van der Waals surface area contributed by atoms with E-state index in [1.807, 2.05) is 43.3 Å². The van der Waals surface area contributed by atoms with Crippen LogP contribution in [0.4, 0.5) is 0 Å². The van der Waals surface area contributed by atoms with E-state index in [-0.39, 0.29) is 30.4 Å². The molecule has 32 heavy (non-hydrogen) atoms. The molecule has 0 unspecified atom stereocenters. The summed E-state index contributed by atoms with van der Waals surface area (Å²) < 4.78 is 0. The van der Waals surface area contributed by atoms with Crippen LogP contribution in [-0.4, -0.2) is 34.3 Å². The first-order valence-corrected chi connectivity index (χ1v) is 11.7. The number of hydrogen-bond donors (Lipinski definition) is 2. The summed E-state index contributed by atoms with van der Waals surface area (Å²) in [6, 6.07) is 15.8. The highest BCUT2D eigenvalue weighted by molar-refractivity contribution is 6.02. The van der Waals surface area contributed by atoms with Crippen molar-refractivity contribution in [3.63, 3.8) is 0 Å². The van der Waals surface area contributed by atoms with Crippen LogP contribution in [0.5, 0.6) is 0 Å². The van der Waals surface area contributed by atoms with Crippen molar-refractivity contribution in [3.05, 3.63) is 70.9 Å². The Morgan fingerprint density at radius 1 is 1.09 bits per heavy atom. The summed E-state index contributed by atoms with van der Waals surface area (Å²) in [6.45, 7) is 6.60. The van der Waals surface area contributed by atoms with Crippen LogP contribution in [0.3, 0.4) is 0 Å². The van der Waals surface area contributed by atoms with Gasteiger partial charge in [0.25, 0.3) is 5.91 Å². The molecule has 2 N–H and O–H groups in total. The van der Waals surface area contributed by atoms with E-state index in [4.69, 9.17) is 0 Å². The Morgan fingerprint density at radius 3 is 2.69 bits per heavy atom. The lowest BCUT2D eigenvalue weighted by Gasteiger charge is -2.35. The number of aromatic nitrogens is 1. The third-order valence-electron chi connectivity index (χ3n) is 7.64. The second-order valence-electron chi connectivity index (χ2n) is 9.57. The maximum Gasteiger partial charge on any atom is 0.255 e. The van der Waals surface area contributed by atoms with E-state index >= 15 is 0 Å². The molecular weight excluding hydrogens is 398 g/mol. The number of H-pyrrole nitrogens is 1. The number of benzene rings is 2. The third kappa shape index (κ3) is 3.40. The van der Waals surface area contributed by atoms with Crippen LogP contribution in [0.2, 0.25) is 0 Å². The second-order valence-corrected chi connectivity index (χ2v) is 9.57. The van der Waals surface area contributed by atoms with Crippen molar-refractivity contribution in [2.45, 2.75) is 52.1 Å². The minimum Gasteiger partial charge on any atom is -0.358 e. The number of nitrogens with zero attached hydrogens (tertiary/aromatic N) is 1. The number of nitrogens with one attached hydrogen (secondary N) is 2. The van der Waals surface area contributed by atoms with E-state index < -0.39 is 0 Å². The summed E-state index contributed by atoms with van der Waals surface area (Å²) in [5.41, 5.74) is 4.81. The number of rotatable bonds is 4. The van der Waals surface area contributed by atoms with Gasteiger partial charge in [-0.25, -0.2) is 0 Å². The summed E-state index contributed by atoms with van der Waals surface area (Å²) in [5.74, 6) is 0.911. The predicted octanol–water partition coefficient (Wildman–Crippen LogP) is 4.96. The van der Waals surface area contributed by atoms with Crippen molar-refractivity contribution in [1.82, 2.24) is 15.2 Å². The van der Waals surface area contributed by atoms with Crippen LogP contribution in [0.25, 0.3) is 10.9 Å². The predicted molar refractivity (Wildman–Crippen MR) is 126 cm³/mol. The van der Waals surface area contributed by atoms with Crippen molar-refractivity contribution in [2.75, 3.05) is 6.54 Å². The number of aromatic amines is 1. The van der Waals surface area contributed by atoms with Gasteiger partial charge in [-0.2, -0.15) is 0 Å². The van der Waals surface area contributed by atoms with Gasteiger partial charge in [-0.1, -0.05) is 63.1 Å². The van der Waals surface area contributed by atoms with E-state index in [1.54, 1.807) is 4.90 Å². The molecule has 1 aliphatic heterocycles. The molecule has 1 aliphatic carbocycles. The van der Waals surface area contributed by atoms with Crippen LogP contribution >= 0.6 is 0 Å². The molecule has 4 atom stereocenters. The minimum absolute atomic E-state index is 0.0642. The Hall–Kier alpha value is -3.08. The topological polar surface area (TPSA) is 65.2 Å². The standard InChI is InChI=1S/C27H31N3O2/c1-16-9-8-14-22(17(16)2)29-24(31)15-30-26(19-10-4-5-11-20(19)27(30)32)25-18(3)28-23-13-7-6-12-21(23)25/h4-7,10-13,16-17,22,26,28H,8-9,14-15H2,1-3H3,(H,29,31)/t16-,17+,22+,26-/m0/s1. The highest BCUT2D eigenvalue weighted by Gasteiger charge is 2.40. The Bertz CT molecular complexity index is 1180. The average molecular weight is 430 g/mol. The van der Waals surface area contributed by atoms with E-state index in [0.717, 1.165) is 40.6 Å². The number of aryl methyl sites for hydroxylation is 1. The number of fused-ring (bicyclic) bond motifs is 2. The molecule has 166 valence electrons. The second kappa shape index (κ2) is 8.12. The van der Waals surface area contributed by atoms with Gasteiger partial charge < -0.3 is 15.2 Å². The van der Waals surface area contributed by atoms with Gasteiger partial charge >= 0.3 is 0 Å². The Balaban J connectivity index is 1.49. The molecule has 1 fully saturated rings. The molecule has 0 radical (unpaired) electrons. The normalized spacial score (nSPS) is 25.2. The van der Waals surface area contributed by atoms with E-state index in [1.165, 1.54) is 6.42 Å². The lowest BCUT2D eigenvalue weighted by molar-refractivity contribution is -0.123. The molecule has 1 saturated carbocycles. The first kappa shape index (κ1) is 20.8. The van der Waals surface area contributed by atoms with Gasteiger partial charge in [-0.3, -0.25) is 9.59 Å². The SMILES string of the molecule is Cc1[nH]c2ccccc2c1[C@@H]1c2ccccc2C(=O)N1CC(=O)N[C@@H]1CCC[C@H](C)[C@H]1C. The zero-order valence-corrected chi connectivity index (χ0v) is 19.0. The maximum atomic E-state index is 13.4. The number of para-hydroxylation sites is 1. The van der Waals surface area contributed by atoms with Crippen LogP contribution < -0.4 is 5.32 Å². The lowest BCUT2D eigenvalue weighted by atomic mass is 9.78. The monoisotopic (exact) mass is 429 g/mol. The minimum atomic E-state index is -0.275. The first-order chi connectivity index (χ1) is 15.5. The molecule has 3 aromatic rings. The summed E-state index contributed by atoms with van der Waals surface area (Å²) >= 11 is 0. The van der Waals surface area contributed by atoms with Gasteiger partial charge in [-0.05, 0) is 42.9 Å². The molecule has 2 aliphatic rings. The zero-order chi connectivity index (χ0) is 22.4. The van der Waals surface area contributed by atoms with Gasteiger partial charge in [0.15, 0.2) is 0 Å². The number of carbonyl (C=O) groups excluding carboxylic acids is 2.